The summed E-state index contributed by atoms with van der Waals surface area (Å²) < 4.78 is 44.9. The molecule has 10 heteroatoms. The van der Waals surface area contributed by atoms with Gasteiger partial charge in [-0.15, -0.1) is 11.8 Å². The number of carbonyl (C=O) groups is 1. The van der Waals surface area contributed by atoms with E-state index in [0.29, 0.717) is 38.7 Å². The van der Waals surface area contributed by atoms with Gasteiger partial charge in [-0.25, -0.2) is 0 Å². The minimum atomic E-state index is -0.471. The van der Waals surface area contributed by atoms with Crippen molar-refractivity contribution in [1.82, 2.24) is 0 Å². The van der Waals surface area contributed by atoms with Gasteiger partial charge in [-0.05, 0) is 45.4 Å². The van der Waals surface area contributed by atoms with Crippen LogP contribution in [0.1, 0.15) is 155 Å². The second-order valence-corrected chi connectivity index (χ2v) is 13.6. The zero-order valence-corrected chi connectivity index (χ0v) is 32.5. The van der Waals surface area contributed by atoms with Gasteiger partial charge < -0.3 is 43.0 Å². The molecule has 1 fully saturated rings. The Morgan fingerprint density at radius 1 is 0.660 bits per heavy atom. The third-order valence-electron chi connectivity index (χ3n) is 9.28. The van der Waals surface area contributed by atoms with Gasteiger partial charge in [0.2, 0.25) is 0 Å². The SMILES string of the molecule is CCCCCCCCCCCC[C@@H](OCOC)[C@H]1CC[C@H]([C@@H](CC#CC[C@H](O)CCCCC[C@H](CCC(=O)OCC)OCOC)OCOC)O1. The Balaban J connectivity index is 2.42. The highest BCUT2D eigenvalue weighted by atomic mass is 16.7. The van der Waals surface area contributed by atoms with E-state index in [-0.39, 0.29) is 56.9 Å². The Kier molecular flexibility index (Phi) is 31.3. The number of unbranched alkanes of at least 4 members (excludes halogenated alkanes) is 11. The van der Waals surface area contributed by atoms with Crippen LogP contribution in [0.2, 0.25) is 0 Å². The first-order chi connectivity index (χ1) is 24.5. The third-order valence-corrected chi connectivity index (χ3v) is 9.28. The van der Waals surface area contributed by atoms with Crippen LogP contribution in [0.25, 0.3) is 0 Å². The fourth-order valence-corrected chi connectivity index (χ4v) is 6.44. The highest BCUT2D eigenvalue weighted by molar-refractivity contribution is 5.69. The van der Waals surface area contributed by atoms with Crippen molar-refractivity contribution in [2.75, 3.05) is 48.3 Å². The van der Waals surface area contributed by atoms with E-state index in [1.54, 1.807) is 28.3 Å². The first kappa shape index (κ1) is 46.7. The summed E-state index contributed by atoms with van der Waals surface area (Å²) in [5.74, 6) is 6.20. The number of methoxy groups -OCH3 is 3. The van der Waals surface area contributed by atoms with Gasteiger partial charge >= 0.3 is 5.97 Å². The Morgan fingerprint density at radius 2 is 1.18 bits per heavy atom. The van der Waals surface area contributed by atoms with Crippen molar-refractivity contribution in [1.29, 1.82) is 0 Å². The summed E-state index contributed by atoms with van der Waals surface area (Å²) in [5, 5.41) is 10.5. The molecule has 0 aromatic rings. The molecule has 1 aliphatic heterocycles. The quantitative estimate of drug-likeness (QED) is 0.0303. The average molecular weight is 715 g/mol. The molecule has 0 unspecified atom stereocenters. The van der Waals surface area contributed by atoms with E-state index in [1.165, 1.54) is 57.8 Å². The van der Waals surface area contributed by atoms with E-state index in [4.69, 9.17) is 37.9 Å². The predicted octanol–water partition coefficient (Wildman–Crippen LogP) is 8.25. The molecular weight excluding hydrogens is 640 g/mol. The molecule has 6 atom stereocenters. The summed E-state index contributed by atoms with van der Waals surface area (Å²) in [7, 11) is 4.87. The lowest BCUT2D eigenvalue weighted by molar-refractivity contribution is -0.156. The molecule has 1 rings (SSSR count). The molecule has 1 N–H and O–H groups in total. The summed E-state index contributed by atoms with van der Waals surface area (Å²) in [6.07, 6.45) is 21.3. The standard InChI is InChI=1S/C40H74O10/c1-6-8-9-10-11-12-13-14-15-19-25-36(48-32-44-4)38-28-29-39(50-38)37(49-33-45-5)26-21-20-23-34(41)22-17-16-18-24-35(47-31-43-3)27-30-40(42)46-7-2/h34-39,41H,6-19,22-33H2,1-5H3/t34-,35-,36-,37-,38-,39-/m1/s1. The molecule has 0 radical (unpaired) electrons. The van der Waals surface area contributed by atoms with Crippen LogP contribution in [0.3, 0.4) is 0 Å². The Hall–Kier alpha value is -1.29. The molecule has 294 valence electrons. The maximum absolute atomic E-state index is 11.7. The number of aliphatic hydroxyl groups excluding tert-OH is 1. The van der Waals surface area contributed by atoms with Crippen molar-refractivity contribution >= 4 is 5.97 Å². The second-order valence-electron chi connectivity index (χ2n) is 13.6. The first-order valence-corrected chi connectivity index (χ1v) is 19.7. The zero-order valence-electron chi connectivity index (χ0n) is 32.5. The summed E-state index contributed by atoms with van der Waals surface area (Å²) in [6, 6.07) is 0. The van der Waals surface area contributed by atoms with Crippen LogP contribution in [0.5, 0.6) is 0 Å². The molecule has 50 heavy (non-hydrogen) atoms. The molecule has 0 aliphatic carbocycles. The van der Waals surface area contributed by atoms with Crippen molar-refractivity contribution in [2.45, 2.75) is 192 Å². The second kappa shape index (κ2) is 33.5. The van der Waals surface area contributed by atoms with Gasteiger partial charge in [0.1, 0.15) is 20.4 Å². The lowest BCUT2D eigenvalue weighted by Crippen LogP contribution is -2.34. The smallest absolute Gasteiger partial charge is 0.305 e. The number of esters is 1. The van der Waals surface area contributed by atoms with Gasteiger partial charge in [-0.3, -0.25) is 4.79 Å². The normalized spacial score (nSPS) is 18.4. The minimum absolute atomic E-state index is 0.00617. The van der Waals surface area contributed by atoms with Crippen LogP contribution < -0.4 is 0 Å². The van der Waals surface area contributed by atoms with E-state index in [2.05, 4.69) is 18.8 Å². The highest BCUT2D eigenvalue weighted by Crippen LogP contribution is 2.30. The minimum Gasteiger partial charge on any atom is -0.466 e. The lowest BCUT2D eigenvalue weighted by Gasteiger charge is -2.26. The molecule has 0 saturated carbocycles. The number of rotatable bonds is 34. The summed E-state index contributed by atoms with van der Waals surface area (Å²) in [6.45, 7) is 5.12. The molecule has 0 aromatic carbocycles. The summed E-state index contributed by atoms with van der Waals surface area (Å²) in [4.78, 5) is 11.7. The van der Waals surface area contributed by atoms with Crippen molar-refractivity contribution in [3.63, 3.8) is 0 Å². The number of ether oxygens (including phenoxy) is 8. The lowest BCUT2D eigenvalue weighted by atomic mass is 10.0. The monoisotopic (exact) mass is 715 g/mol. The molecule has 1 saturated heterocycles. The summed E-state index contributed by atoms with van der Waals surface area (Å²) >= 11 is 0. The zero-order chi connectivity index (χ0) is 36.5. The van der Waals surface area contributed by atoms with Crippen LogP contribution in [0.4, 0.5) is 0 Å². The molecule has 0 spiro atoms. The van der Waals surface area contributed by atoms with Crippen molar-refractivity contribution in [3.8, 4) is 11.8 Å². The third kappa shape index (κ3) is 24.8. The van der Waals surface area contributed by atoms with Crippen LogP contribution in [-0.4, -0.2) is 96.0 Å². The number of aliphatic hydroxyl groups is 1. The highest BCUT2D eigenvalue weighted by Gasteiger charge is 2.36. The van der Waals surface area contributed by atoms with Crippen molar-refractivity contribution in [3.05, 3.63) is 0 Å². The van der Waals surface area contributed by atoms with Crippen LogP contribution >= 0.6 is 0 Å². The van der Waals surface area contributed by atoms with Crippen LogP contribution in [-0.2, 0) is 42.7 Å². The van der Waals surface area contributed by atoms with Gasteiger partial charge in [0.05, 0.1) is 43.2 Å². The molecule has 0 bridgehead atoms. The van der Waals surface area contributed by atoms with Crippen LogP contribution in [0, 0.1) is 11.8 Å². The maximum Gasteiger partial charge on any atom is 0.305 e. The molecule has 1 aliphatic rings. The maximum atomic E-state index is 11.7. The molecule has 1 heterocycles. The van der Waals surface area contributed by atoms with Gasteiger partial charge in [0.15, 0.2) is 0 Å². The van der Waals surface area contributed by atoms with Gasteiger partial charge in [-0.1, -0.05) is 90.4 Å². The topological polar surface area (TPSA) is 111 Å². The molecule has 0 amide bonds. The fourth-order valence-electron chi connectivity index (χ4n) is 6.44. The van der Waals surface area contributed by atoms with Crippen molar-refractivity contribution < 1.29 is 47.8 Å². The molecule has 10 nitrogen and oxygen atoms in total. The first-order valence-electron chi connectivity index (χ1n) is 19.7. The van der Waals surface area contributed by atoms with E-state index in [9.17, 15) is 9.90 Å². The van der Waals surface area contributed by atoms with Gasteiger partial charge in [0.25, 0.3) is 0 Å². The Bertz CT molecular complexity index is 831. The van der Waals surface area contributed by atoms with E-state index >= 15 is 0 Å². The fraction of sp³-hybridized carbons (Fsp3) is 0.925. The molecular formula is C40H74O10. The number of carbonyl (C=O) groups excluding carboxylic acids is 1. The van der Waals surface area contributed by atoms with E-state index in [0.717, 1.165) is 51.4 Å². The van der Waals surface area contributed by atoms with Gasteiger partial charge in [0, 0.05) is 40.6 Å². The Labute approximate surface area is 305 Å². The summed E-state index contributed by atoms with van der Waals surface area (Å²) in [5.41, 5.74) is 0. The van der Waals surface area contributed by atoms with E-state index < -0.39 is 6.10 Å². The Morgan fingerprint density at radius 3 is 1.82 bits per heavy atom. The van der Waals surface area contributed by atoms with E-state index in [1.807, 2.05) is 0 Å². The predicted molar refractivity (Wildman–Crippen MR) is 197 cm³/mol. The van der Waals surface area contributed by atoms with Gasteiger partial charge in [-0.2, -0.15) is 0 Å². The van der Waals surface area contributed by atoms with Crippen molar-refractivity contribution in [2.24, 2.45) is 0 Å². The largest absolute Gasteiger partial charge is 0.466 e. The molecule has 0 aromatic heterocycles. The van der Waals surface area contributed by atoms with Crippen LogP contribution in [0.15, 0.2) is 0 Å². The average Bonchev–Trinajstić information content (AvgIpc) is 3.60. The number of hydrogen-bond donors (Lipinski definition) is 1. The number of hydrogen-bond acceptors (Lipinski definition) is 10.